The summed E-state index contributed by atoms with van der Waals surface area (Å²) in [4.78, 5) is 9.32. The lowest BCUT2D eigenvalue weighted by molar-refractivity contribution is 0.748. The maximum Gasteiger partial charge on any atom is 0.124 e. The second kappa shape index (κ2) is 8.43. The predicted octanol–water partition coefficient (Wildman–Crippen LogP) is 3.35. The fourth-order valence-electron chi connectivity index (χ4n) is 1.46. The average molecular weight is 283 g/mol. The SMILES string of the molecule is CCCCSc1nc(C(N)=S)cnc1CCCC. The number of aromatic nitrogens is 2. The van der Waals surface area contributed by atoms with E-state index < -0.39 is 0 Å². The molecule has 0 bridgehead atoms. The van der Waals surface area contributed by atoms with Crippen molar-refractivity contribution in [1.82, 2.24) is 9.97 Å². The minimum Gasteiger partial charge on any atom is -0.388 e. The molecule has 1 aromatic heterocycles. The molecule has 0 radical (unpaired) electrons. The van der Waals surface area contributed by atoms with E-state index in [1.807, 2.05) is 0 Å². The molecule has 1 heterocycles. The highest BCUT2D eigenvalue weighted by molar-refractivity contribution is 7.99. The van der Waals surface area contributed by atoms with Crippen molar-refractivity contribution in [3.63, 3.8) is 0 Å². The highest BCUT2D eigenvalue weighted by Crippen LogP contribution is 2.22. The Hall–Kier alpha value is -0.680. The van der Waals surface area contributed by atoms with Crippen molar-refractivity contribution >= 4 is 29.0 Å². The molecular formula is C13H21N3S2. The van der Waals surface area contributed by atoms with E-state index in [0.29, 0.717) is 10.7 Å². The fraction of sp³-hybridized carbons (Fsp3) is 0.615. The third kappa shape index (κ3) is 4.90. The van der Waals surface area contributed by atoms with Crippen LogP contribution >= 0.6 is 24.0 Å². The second-order valence-corrected chi connectivity index (χ2v) is 5.70. The van der Waals surface area contributed by atoms with Gasteiger partial charge in [-0.2, -0.15) is 0 Å². The van der Waals surface area contributed by atoms with Crippen LogP contribution in [-0.2, 0) is 6.42 Å². The maximum atomic E-state index is 5.61. The Morgan fingerprint density at radius 1 is 1.33 bits per heavy atom. The Bertz CT molecular complexity index is 394. The molecule has 1 rings (SSSR count). The van der Waals surface area contributed by atoms with Gasteiger partial charge < -0.3 is 5.73 Å². The maximum absolute atomic E-state index is 5.61. The standard InChI is InChI=1S/C13H21N3S2/c1-3-5-7-10-13(18-8-6-4-2)16-11(9-15-10)12(14)17/h9H,3-8H2,1-2H3,(H2,14,17). The van der Waals surface area contributed by atoms with Crippen LogP contribution in [-0.4, -0.2) is 20.7 Å². The van der Waals surface area contributed by atoms with Crippen LogP contribution < -0.4 is 5.73 Å². The third-order valence-corrected chi connectivity index (χ3v) is 3.87. The van der Waals surface area contributed by atoms with Gasteiger partial charge in [0.2, 0.25) is 0 Å². The van der Waals surface area contributed by atoms with Crippen LogP contribution in [0.15, 0.2) is 11.2 Å². The first-order chi connectivity index (χ1) is 8.69. The van der Waals surface area contributed by atoms with Gasteiger partial charge in [-0.3, -0.25) is 4.98 Å². The number of thioether (sulfide) groups is 1. The summed E-state index contributed by atoms with van der Waals surface area (Å²) >= 11 is 6.72. The Labute approximate surface area is 119 Å². The molecule has 2 N–H and O–H groups in total. The first-order valence-corrected chi connectivity index (χ1v) is 7.86. The van der Waals surface area contributed by atoms with Crippen molar-refractivity contribution in [2.75, 3.05) is 5.75 Å². The molecule has 0 atom stereocenters. The van der Waals surface area contributed by atoms with Gasteiger partial charge in [0.1, 0.15) is 15.7 Å². The minimum absolute atomic E-state index is 0.321. The fourth-order valence-corrected chi connectivity index (χ4v) is 2.67. The molecule has 0 aromatic carbocycles. The monoisotopic (exact) mass is 283 g/mol. The molecule has 1 aromatic rings. The van der Waals surface area contributed by atoms with Crippen molar-refractivity contribution in [3.8, 4) is 0 Å². The van der Waals surface area contributed by atoms with Crippen LogP contribution in [0.1, 0.15) is 50.9 Å². The number of aryl methyl sites for hydroxylation is 1. The van der Waals surface area contributed by atoms with Crippen molar-refractivity contribution in [1.29, 1.82) is 0 Å². The number of unbranched alkanes of at least 4 members (excludes halogenated alkanes) is 2. The minimum atomic E-state index is 0.321. The predicted molar refractivity (Wildman–Crippen MR) is 82.2 cm³/mol. The summed E-state index contributed by atoms with van der Waals surface area (Å²) in [5, 5.41) is 1.00. The highest BCUT2D eigenvalue weighted by Gasteiger charge is 2.09. The molecule has 0 unspecified atom stereocenters. The Morgan fingerprint density at radius 2 is 2.06 bits per heavy atom. The highest BCUT2D eigenvalue weighted by atomic mass is 32.2. The second-order valence-electron chi connectivity index (χ2n) is 4.18. The molecule has 100 valence electrons. The van der Waals surface area contributed by atoms with Gasteiger partial charge in [0.05, 0.1) is 11.9 Å². The molecule has 0 saturated carbocycles. The summed E-state index contributed by atoms with van der Waals surface area (Å²) in [7, 11) is 0. The topological polar surface area (TPSA) is 51.8 Å². The summed E-state index contributed by atoms with van der Waals surface area (Å²) in [6, 6.07) is 0. The quantitative estimate of drug-likeness (QED) is 0.450. The number of rotatable bonds is 8. The van der Waals surface area contributed by atoms with Crippen LogP contribution in [0, 0.1) is 0 Å². The zero-order chi connectivity index (χ0) is 13.4. The number of hydrogen-bond acceptors (Lipinski definition) is 4. The first-order valence-electron chi connectivity index (χ1n) is 6.47. The van der Waals surface area contributed by atoms with Gasteiger partial charge in [0.25, 0.3) is 0 Å². The number of nitrogens with zero attached hydrogens (tertiary/aromatic N) is 2. The van der Waals surface area contributed by atoms with E-state index in [1.165, 1.54) is 12.8 Å². The number of nitrogens with two attached hydrogens (primary N) is 1. The van der Waals surface area contributed by atoms with Crippen molar-refractivity contribution in [3.05, 3.63) is 17.6 Å². The normalized spacial score (nSPS) is 10.6. The zero-order valence-corrected chi connectivity index (χ0v) is 12.7. The smallest absolute Gasteiger partial charge is 0.124 e. The molecule has 3 nitrogen and oxygen atoms in total. The van der Waals surface area contributed by atoms with E-state index in [0.717, 1.165) is 35.7 Å². The third-order valence-electron chi connectivity index (χ3n) is 2.57. The van der Waals surface area contributed by atoms with Gasteiger partial charge in [-0.15, -0.1) is 11.8 Å². The Kier molecular flexibility index (Phi) is 7.20. The van der Waals surface area contributed by atoms with Gasteiger partial charge >= 0.3 is 0 Å². The molecular weight excluding hydrogens is 262 g/mol. The average Bonchev–Trinajstić information content (AvgIpc) is 2.37. The number of thiocarbonyl (C=S) groups is 1. The van der Waals surface area contributed by atoms with Crippen LogP contribution in [0.3, 0.4) is 0 Å². The van der Waals surface area contributed by atoms with Gasteiger partial charge in [-0.25, -0.2) is 4.98 Å². The largest absolute Gasteiger partial charge is 0.388 e. The Balaban J connectivity index is 2.83. The van der Waals surface area contributed by atoms with E-state index in [4.69, 9.17) is 18.0 Å². The van der Waals surface area contributed by atoms with Crippen LogP contribution in [0.25, 0.3) is 0 Å². The molecule has 0 spiro atoms. The summed E-state index contributed by atoms with van der Waals surface area (Å²) in [5.74, 6) is 1.07. The summed E-state index contributed by atoms with van der Waals surface area (Å²) in [5.41, 5.74) is 7.32. The Morgan fingerprint density at radius 3 is 2.67 bits per heavy atom. The molecule has 0 aliphatic heterocycles. The molecule has 5 heteroatoms. The summed E-state index contributed by atoms with van der Waals surface area (Å²) < 4.78 is 0. The van der Waals surface area contributed by atoms with Crippen molar-refractivity contribution in [2.45, 2.75) is 51.0 Å². The van der Waals surface area contributed by atoms with Crippen molar-refractivity contribution < 1.29 is 0 Å². The van der Waals surface area contributed by atoms with Gasteiger partial charge in [-0.1, -0.05) is 38.9 Å². The van der Waals surface area contributed by atoms with Gasteiger partial charge in [0.15, 0.2) is 0 Å². The molecule has 0 fully saturated rings. The molecule has 0 amide bonds. The van der Waals surface area contributed by atoms with Crippen LogP contribution in [0.4, 0.5) is 0 Å². The lowest BCUT2D eigenvalue weighted by Crippen LogP contribution is -2.13. The van der Waals surface area contributed by atoms with E-state index in [-0.39, 0.29) is 0 Å². The molecule has 0 aliphatic rings. The summed E-state index contributed by atoms with van der Waals surface area (Å²) in [6.07, 6.45) is 7.36. The van der Waals surface area contributed by atoms with E-state index >= 15 is 0 Å². The molecule has 0 saturated heterocycles. The van der Waals surface area contributed by atoms with E-state index in [1.54, 1.807) is 18.0 Å². The van der Waals surface area contributed by atoms with Crippen LogP contribution in [0.5, 0.6) is 0 Å². The van der Waals surface area contributed by atoms with Gasteiger partial charge in [0, 0.05) is 0 Å². The lowest BCUT2D eigenvalue weighted by Gasteiger charge is -2.08. The lowest BCUT2D eigenvalue weighted by atomic mass is 10.2. The summed E-state index contributed by atoms with van der Waals surface area (Å²) in [6.45, 7) is 4.37. The zero-order valence-electron chi connectivity index (χ0n) is 11.1. The van der Waals surface area contributed by atoms with Gasteiger partial charge in [-0.05, 0) is 25.0 Å². The van der Waals surface area contributed by atoms with Crippen LogP contribution in [0.2, 0.25) is 0 Å². The molecule has 18 heavy (non-hydrogen) atoms. The van der Waals surface area contributed by atoms with E-state index in [2.05, 4.69) is 23.8 Å². The number of hydrogen-bond donors (Lipinski definition) is 1. The van der Waals surface area contributed by atoms with Crippen molar-refractivity contribution in [2.24, 2.45) is 5.73 Å². The van der Waals surface area contributed by atoms with E-state index in [9.17, 15) is 0 Å². The molecule has 0 aliphatic carbocycles. The first kappa shape index (κ1) is 15.4.